The molecule has 0 bridgehead atoms. The first-order valence-corrected chi connectivity index (χ1v) is 7.35. The van der Waals surface area contributed by atoms with Gasteiger partial charge in [-0.3, -0.25) is 4.79 Å². The fourth-order valence-electron chi connectivity index (χ4n) is 2.22. The highest BCUT2D eigenvalue weighted by Crippen LogP contribution is 2.25. The van der Waals surface area contributed by atoms with Crippen LogP contribution in [0.2, 0.25) is 5.02 Å². The third-order valence-corrected chi connectivity index (χ3v) is 3.53. The highest BCUT2D eigenvalue weighted by Gasteiger charge is 2.10. The van der Waals surface area contributed by atoms with Crippen molar-refractivity contribution in [2.45, 2.75) is 12.8 Å². The Bertz CT molecular complexity index is 749. The van der Waals surface area contributed by atoms with Crippen molar-refractivity contribution in [2.24, 2.45) is 0 Å². The van der Waals surface area contributed by atoms with E-state index >= 15 is 0 Å². The van der Waals surface area contributed by atoms with Crippen LogP contribution in [0.1, 0.15) is 12.2 Å². The van der Waals surface area contributed by atoms with E-state index in [2.05, 4.69) is 5.32 Å². The molecule has 3 rings (SSSR count). The Kier molecular flexibility index (Phi) is 4.30. The number of amides is 1. The minimum Gasteiger partial charge on any atom is -0.469 e. The van der Waals surface area contributed by atoms with Crippen LogP contribution >= 0.6 is 11.6 Å². The molecule has 0 atom stereocenters. The normalized spacial score (nSPS) is 10.6. The van der Waals surface area contributed by atoms with Crippen molar-refractivity contribution in [2.75, 3.05) is 5.32 Å². The molecule has 2 heterocycles. The topological polar surface area (TPSA) is 47.2 Å². The summed E-state index contributed by atoms with van der Waals surface area (Å²) in [7, 11) is 0. The predicted octanol–water partition coefficient (Wildman–Crippen LogP) is 4.30. The van der Waals surface area contributed by atoms with Crippen molar-refractivity contribution in [3.63, 3.8) is 0 Å². The summed E-state index contributed by atoms with van der Waals surface area (Å²) in [4.78, 5) is 12.1. The molecule has 0 aliphatic carbocycles. The first-order valence-electron chi connectivity index (χ1n) is 6.97. The van der Waals surface area contributed by atoms with Crippen molar-refractivity contribution in [3.05, 3.63) is 71.9 Å². The second kappa shape index (κ2) is 6.54. The fourth-order valence-corrected chi connectivity index (χ4v) is 2.39. The summed E-state index contributed by atoms with van der Waals surface area (Å²) in [5, 5.41) is 3.55. The number of rotatable bonds is 5. The number of benzene rings is 1. The van der Waals surface area contributed by atoms with Crippen molar-refractivity contribution in [1.29, 1.82) is 0 Å². The number of carbonyl (C=O) groups excluding carboxylic acids is 1. The summed E-state index contributed by atoms with van der Waals surface area (Å²) in [6.45, 7) is 0. The third-order valence-electron chi connectivity index (χ3n) is 3.30. The van der Waals surface area contributed by atoms with Crippen LogP contribution in [0.15, 0.2) is 65.5 Å². The van der Waals surface area contributed by atoms with Gasteiger partial charge in [-0.1, -0.05) is 11.6 Å². The molecule has 1 aromatic carbocycles. The number of aryl methyl sites for hydroxylation is 1. The Morgan fingerprint density at radius 2 is 2.00 bits per heavy atom. The van der Waals surface area contributed by atoms with E-state index in [0.29, 0.717) is 17.9 Å². The number of halogens is 1. The molecular weight excluding hydrogens is 300 g/mol. The highest BCUT2D eigenvalue weighted by molar-refractivity contribution is 6.30. The van der Waals surface area contributed by atoms with Gasteiger partial charge in [0.1, 0.15) is 5.76 Å². The van der Waals surface area contributed by atoms with Gasteiger partial charge in [0.05, 0.1) is 17.6 Å². The number of hydrogen-bond acceptors (Lipinski definition) is 2. The first-order chi connectivity index (χ1) is 10.7. The predicted molar refractivity (Wildman–Crippen MR) is 86.4 cm³/mol. The van der Waals surface area contributed by atoms with Crippen molar-refractivity contribution >= 4 is 23.2 Å². The average Bonchev–Trinajstić information content (AvgIpc) is 3.20. The van der Waals surface area contributed by atoms with Gasteiger partial charge in [0.25, 0.3) is 0 Å². The lowest BCUT2D eigenvalue weighted by molar-refractivity contribution is -0.116. The molecule has 0 aliphatic rings. The summed E-state index contributed by atoms with van der Waals surface area (Å²) < 4.78 is 7.14. The summed E-state index contributed by atoms with van der Waals surface area (Å²) >= 11 is 6.06. The van der Waals surface area contributed by atoms with E-state index in [9.17, 15) is 4.79 Å². The minimum absolute atomic E-state index is 0.0628. The van der Waals surface area contributed by atoms with Crippen LogP contribution in [-0.2, 0) is 11.2 Å². The fraction of sp³-hybridized carbons (Fsp3) is 0.118. The van der Waals surface area contributed by atoms with E-state index in [1.165, 1.54) is 0 Å². The smallest absolute Gasteiger partial charge is 0.224 e. The summed E-state index contributed by atoms with van der Waals surface area (Å²) in [6, 6.07) is 12.9. The lowest BCUT2D eigenvalue weighted by atomic mass is 10.2. The number of nitrogens with zero attached hydrogens (tertiary/aromatic N) is 1. The molecule has 3 aromatic rings. The second-order valence-corrected chi connectivity index (χ2v) is 5.32. The lowest BCUT2D eigenvalue weighted by Crippen LogP contribution is -2.14. The zero-order valence-electron chi connectivity index (χ0n) is 11.8. The van der Waals surface area contributed by atoms with Crippen LogP contribution in [-0.4, -0.2) is 10.5 Å². The monoisotopic (exact) mass is 314 g/mol. The van der Waals surface area contributed by atoms with Gasteiger partial charge in [0.2, 0.25) is 5.91 Å². The Morgan fingerprint density at radius 1 is 1.18 bits per heavy atom. The molecule has 0 fully saturated rings. The number of hydrogen-bond donors (Lipinski definition) is 1. The largest absolute Gasteiger partial charge is 0.469 e. The summed E-state index contributed by atoms with van der Waals surface area (Å²) in [5.41, 5.74) is 1.56. The summed E-state index contributed by atoms with van der Waals surface area (Å²) in [6.07, 6.45) is 6.36. The van der Waals surface area contributed by atoms with Gasteiger partial charge in [0.15, 0.2) is 0 Å². The molecule has 0 spiro atoms. The van der Waals surface area contributed by atoms with Crippen LogP contribution < -0.4 is 5.32 Å². The molecule has 1 N–H and O–H groups in total. The van der Waals surface area contributed by atoms with Gasteiger partial charge in [-0.15, -0.1) is 0 Å². The van der Waals surface area contributed by atoms with E-state index in [1.807, 2.05) is 53.4 Å². The highest BCUT2D eigenvalue weighted by atomic mass is 35.5. The quantitative estimate of drug-likeness (QED) is 0.763. The molecule has 0 aliphatic heterocycles. The van der Waals surface area contributed by atoms with Crippen LogP contribution in [0.4, 0.5) is 5.69 Å². The molecule has 0 radical (unpaired) electrons. The summed E-state index contributed by atoms with van der Waals surface area (Å²) in [5.74, 6) is 0.740. The molecule has 5 heteroatoms. The maximum Gasteiger partial charge on any atom is 0.224 e. The zero-order chi connectivity index (χ0) is 15.4. The first kappa shape index (κ1) is 14.5. The lowest BCUT2D eigenvalue weighted by Gasteiger charge is -2.12. The Morgan fingerprint density at radius 3 is 2.73 bits per heavy atom. The van der Waals surface area contributed by atoms with E-state index < -0.39 is 0 Å². The van der Waals surface area contributed by atoms with Gasteiger partial charge in [0, 0.05) is 30.3 Å². The van der Waals surface area contributed by atoms with Crippen LogP contribution in [0.25, 0.3) is 5.69 Å². The van der Waals surface area contributed by atoms with Crippen molar-refractivity contribution in [1.82, 2.24) is 4.57 Å². The number of aromatic nitrogens is 1. The number of carbonyl (C=O) groups is 1. The van der Waals surface area contributed by atoms with Gasteiger partial charge in [-0.25, -0.2) is 0 Å². The Hall–Kier alpha value is -2.46. The van der Waals surface area contributed by atoms with E-state index in [0.717, 1.165) is 17.1 Å². The van der Waals surface area contributed by atoms with Gasteiger partial charge < -0.3 is 14.3 Å². The maximum absolute atomic E-state index is 12.1. The van der Waals surface area contributed by atoms with Gasteiger partial charge in [-0.2, -0.15) is 0 Å². The number of furan rings is 1. The molecule has 4 nitrogen and oxygen atoms in total. The zero-order valence-corrected chi connectivity index (χ0v) is 12.6. The molecule has 2 aromatic heterocycles. The van der Waals surface area contributed by atoms with Crippen LogP contribution in [0, 0.1) is 0 Å². The third kappa shape index (κ3) is 3.40. The van der Waals surface area contributed by atoms with E-state index in [1.54, 1.807) is 12.3 Å². The van der Waals surface area contributed by atoms with E-state index in [-0.39, 0.29) is 5.91 Å². The molecular formula is C17H15ClN2O2. The van der Waals surface area contributed by atoms with Crippen molar-refractivity contribution < 1.29 is 9.21 Å². The van der Waals surface area contributed by atoms with Crippen LogP contribution in [0.5, 0.6) is 0 Å². The number of anilines is 1. The Balaban J connectivity index is 1.73. The Labute approximate surface area is 133 Å². The van der Waals surface area contributed by atoms with Crippen molar-refractivity contribution in [3.8, 4) is 5.69 Å². The molecule has 0 unspecified atom stereocenters. The van der Waals surface area contributed by atoms with Gasteiger partial charge >= 0.3 is 0 Å². The standard InChI is InChI=1S/C17H15ClN2O2/c18-13-5-7-15(16(12-13)20-9-1-2-10-20)19-17(21)8-6-14-4-3-11-22-14/h1-5,7,9-12H,6,8H2,(H,19,21). The SMILES string of the molecule is O=C(CCc1ccco1)Nc1ccc(Cl)cc1-n1cccc1. The van der Waals surface area contributed by atoms with Crippen LogP contribution in [0.3, 0.4) is 0 Å². The number of nitrogens with one attached hydrogen (secondary N) is 1. The molecule has 0 saturated carbocycles. The molecule has 112 valence electrons. The molecule has 22 heavy (non-hydrogen) atoms. The second-order valence-electron chi connectivity index (χ2n) is 4.88. The van der Waals surface area contributed by atoms with E-state index in [4.69, 9.17) is 16.0 Å². The molecule has 1 amide bonds. The van der Waals surface area contributed by atoms with Gasteiger partial charge in [-0.05, 0) is 42.5 Å². The molecule has 0 saturated heterocycles. The minimum atomic E-state index is -0.0628. The maximum atomic E-state index is 12.1. The average molecular weight is 315 g/mol.